The molecule has 0 radical (unpaired) electrons. The topological polar surface area (TPSA) is 46.5 Å². The quantitative estimate of drug-likeness (QED) is 0.453. The van der Waals surface area contributed by atoms with E-state index >= 15 is 0 Å². The number of aromatic hydroxyl groups is 1. The van der Waals surface area contributed by atoms with Gasteiger partial charge in [-0.15, -0.1) is 0 Å². The Labute approximate surface area is 141 Å². The van der Waals surface area contributed by atoms with E-state index in [-0.39, 0.29) is 17.1 Å². The molecule has 2 rings (SSSR count). The molecule has 0 aliphatic rings. The Kier molecular flexibility index (Phi) is 5.25. The van der Waals surface area contributed by atoms with Crippen molar-refractivity contribution in [2.75, 3.05) is 7.11 Å². The summed E-state index contributed by atoms with van der Waals surface area (Å²) in [5.41, 5.74) is 1.10. The first kappa shape index (κ1) is 15.9. The summed E-state index contributed by atoms with van der Waals surface area (Å²) in [6.45, 7) is 0. The number of hydrogen-bond acceptors (Lipinski definition) is 3. The van der Waals surface area contributed by atoms with Gasteiger partial charge >= 0.3 is 0 Å². The Bertz CT molecular complexity index is 693. The summed E-state index contributed by atoms with van der Waals surface area (Å²) in [5.74, 6) is 0.353. The first-order valence-electron chi connectivity index (χ1n) is 6.05. The van der Waals surface area contributed by atoms with Gasteiger partial charge in [-0.25, -0.2) is 0 Å². The molecule has 0 fully saturated rings. The number of rotatable bonds is 4. The molecule has 0 saturated carbocycles. The van der Waals surface area contributed by atoms with Crippen molar-refractivity contribution in [1.82, 2.24) is 0 Å². The van der Waals surface area contributed by atoms with Crippen molar-refractivity contribution in [3.8, 4) is 11.5 Å². The third-order valence-electron chi connectivity index (χ3n) is 2.85. The molecule has 0 amide bonds. The molecule has 0 aliphatic carbocycles. The molecule has 1 N–H and O–H groups in total. The summed E-state index contributed by atoms with van der Waals surface area (Å²) in [7, 11) is 1.60. The predicted octanol–water partition coefficient (Wildman–Crippen LogP) is 4.55. The number of ether oxygens (including phenoxy) is 1. The summed E-state index contributed by atoms with van der Waals surface area (Å²) in [6, 6.07) is 10.2. The van der Waals surface area contributed by atoms with E-state index in [4.69, 9.17) is 16.3 Å². The van der Waals surface area contributed by atoms with Crippen molar-refractivity contribution >= 4 is 46.1 Å². The van der Waals surface area contributed by atoms with Crippen LogP contribution in [0.4, 0.5) is 0 Å². The Morgan fingerprint density at radius 2 is 1.95 bits per heavy atom. The molecule has 0 spiro atoms. The van der Waals surface area contributed by atoms with Gasteiger partial charge in [0.25, 0.3) is 0 Å². The van der Waals surface area contributed by atoms with Crippen LogP contribution in [0.2, 0.25) is 5.02 Å². The summed E-state index contributed by atoms with van der Waals surface area (Å²) >= 11 is 7.90. The fourth-order valence-corrected chi connectivity index (χ4v) is 2.34. The minimum atomic E-state index is -0.280. The predicted molar refractivity (Wildman–Crippen MR) is 92.2 cm³/mol. The van der Waals surface area contributed by atoms with Gasteiger partial charge in [0.15, 0.2) is 5.78 Å². The molecule has 0 bridgehead atoms. The average molecular weight is 415 g/mol. The monoisotopic (exact) mass is 414 g/mol. The van der Waals surface area contributed by atoms with Gasteiger partial charge in [-0.1, -0.05) is 29.8 Å². The molecular formula is C16H12ClIO3. The Hall–Kier alpha value is -1.53. The first-order chi connectivity index (χ1) is 10.0. The van der Waals surface area contributed by atoms with E-state index in [0.29, 0.717) is 8.59 Å². The Morgan fingerprint density at radius 1 is 1.29 bits per heavy atom. The molecule has 0 unspecified atom stereocenters. The van der Waals surface area contributed by atoms with Gasteiger partial charge < -0.3 is 9.84 Å². The summed E-state index contributed by atoms with van der Waals surface area (Å²) in [5, 5.41) is 10.2. The molecule has 3 nitrogen and oxygen atoms in total. The van der Waals surface area contributed by atoms with Crippen molar-refractivity contribution in [3.63, 3.8) is 0 Å². The summed E-state index contributed by atoms with van der Waals surface area (Å²) in [6.07, 6.45) is 3.10. The van der Waals surface area contributed by atoms with E-state index in [9.17, 15) is 9.90 Å². The zero-order valence-corrected chi connectivity index (χ0v) is 14.1. The van der Waals surface area contributed by atoms with Crippen LogP contribution in [0.3, 0.4) is 0 Å². The van der Waals surface area contributed by atoms with Gasteiger partial charge in [0.2, 0.25) is 0 Å². The minimum absolute atomic E-state index is 0.121. The lowest BCUT2D eigenvalue weighted by Gasteiger charge is -2.03. The van der Waals surface area contributed by atoms with Gasteiger partial charge in [0.05, 0.1) is 17.7 Å². The lowest BCUT2D eigenvalue weighted by molar-refractivity contribution is 0.104. The zero-order valence-electron chi connectivity index (χ0n) is 11.1. The smallest absolute Gasteiger partial charge is 0.189 e. The molecule has 2 aromatic carbocycles. The van der Waals surface area contributed by atoms with E-state index in [2.05, 4.69) is 0 Å². The van der Waals surface area contributed by atoms with Crippen LogP contribution >= 0.6 is 34.2 Å². The van der Waals surface area contributed by atoms with Crippen LogP contribution in [-0.4, -0.2) is 18.0 Å². The van der Waals surface area contributed by atoms with Gasteiger partial charge in [-0.3, -0.25) is 4.79 Å². The van der Waals surface area contributed by atoms with Gasteiger partial charge in [0.1, 0.15) is 11.5 Å². The van der Waals surface area contributed by atoms with Crippen LogP contribution in [0.15, 0.2) is 42.5 Å². The first-order valence-corrected chi connectivity index (χ1v) is 7.51. The second-order valence-corrected chi connectivity index (χ2v) is 5.82. The normalized spacial score (nSPS) is 10.8. The van der Waals surface area contributed by atoms with Crippen molar-refractivity contribution < 1.29 is 14.6 Å². The maximum absolute atomic E-state index is 12.1. The highest BCUT2D eigenvalue weighted by Crippen LogP contribution is 2.28. The van der Waals surface area contributed by atoms with Crippen molar-refractivity contribution in [3.05, 3.63) is 62.2 Å². The highest BCUT2D eigenvalue weighted by Gasteiger charge is 2.11. The molecule has 0 saturated heterocycles. The standard InChI is InChI=1S/C16H12ClIO3/c1-21-11-5-2-10(3-6-11)4-7-15(19)12-8-14(18)13(17)9-16(12)20/h2-9,20H,1H3/b7-4+. The van der Waals surface area contributed by atoms with Crippen LogP contribution in [0.5, 0.6) is 11.5 Å². The number of ketones is 1. The number of carbonyl (C=O) groups is 1. The number of benzene rings is 2. The highest BCUT2D eigenvalue weighted by atomic mass is 127. The third-order valence-corrected chi connectivity index (χ3v) is 4.37. The van der Waals surface area contributed by atoms with E-state index in [0.717, 1.165) is 11.3 Å². The molecule has 2 aromatic rings. The van der Waals surface area contributed by atoms with E-state index < -0.39 is 0 Å². The Morgan fingerprint density at radius 3 is 2.57 bits per heavy atom. The van der Waals surface area contributed by atoms with Gasteiger partial charge in [-0.2, -0.15) is 0 Å². The van der Waals surface area contributed by atoms with Crippen LogP contribution in [-0.2, 0) is 0 Å². The van der Waals surface area contributed by atoms with Crippen molar-refractivity contribution in [2.24, 2.45) is 0 Å². The second-order valence-electron chi connectivity index (χ2n) is 4.25. The zero-order chi connectivity index (χ0) is 15.4. The molecule has 0 aromatic heterocycles. The molecular weight excluding hydrogens is 403 g/mol. The number of phenols is 1. The summed E-state index contributed by atoms with van der Waals surface area (Å²) < 4.78 is 5.78. The van der Waals surface area contributed by atoms with Crippen LogP contribution in [0, 0.1) is 3.57 Å². The van der Waals surface area contributed by atoms with Crippen LogP contribution in [0.1, 0.15) is 15.9 Å². The number of methoxy groups -OCH3 is 1. The molecule has 0 aliphatic heterocycles. The van der Waals surface area contributed by atoms with Gasteiger partial charge in [0, 0.05) is 9.64 Å². The van der Waals surface area contributed by atoms with Crippen LogP contribution in [0.25, 0.3) is 6.08 Å². The number of halogens is 2. The fraction of sp³-hybridized carbons (Fsp3) is 0.0625. The highest BCUT2D eigenvalue weighted by molar-refractivity contribution is 14.1. The lowest BCUT2D eigenvalue weighted by atomic mass is 10.1. The third kappa shape index (κ3) is 3.98. The van der Waals surface area contributed by atoms with Crippen molar-refractivity contribution in [2.45, 2.75) is 0 Å². The molecule has 0 atom stereocenters. The molecule has 108 valence electrons. The maximum atomic E-state index is 12.1. The maximum Gasteiger partial charge on any atom is 0.189 e. The number of phenolic OH excluding ortho intramolecular Hbond substituents is 1. The number of allylic oxidation sites excluding steroid dienone is 1. The van der Waals surface area contributed by atoms with Crippen LogP contribution < -0.4 is 4.74 Å². The SMILES string of the molecule is COc1ccc(/C=C/C(=O)c2cc(I)c(Cl)cc2O)cc1. The average Bonchev–Trinajstić information content (AvgIpc) is 2.49. The Balaban J connectivity index is 2.20. The van der Waals surface area contributed by atoms with Crippen molar-refractivity contribution in [1.29, 1.82) is 0 Å². The fourth-order valence-electron chi connectivity index (χ4n) is 1.71. The summed E-state index contributed by atoms with van der Waals surface area (Å²) in [4.78, 5) is 12.1. The number of carbonyl (C=O) groups excluding carboxylic acids is 1. The number of hydrogen-bond donors (Lipinski definition) is 1. The van der Waals surface area contributed by atoms with E-state index in [1.54, 1.807) is 19.3 Å². The lowest BCUT2D eigenvalue weighted by Crippen LogP contribution is -1.96. The largest absolute Gasteiger partial charge is 0.507 e. The minimum Gasteiger partial charge on any atom is -0.507 e. The molecule has 0 heterocycles. The van der Waals surface area contributed by atoms with E-state index in [1.165, 1.54) is 12.1 Å². The second kappa shape index (κ2) is 6.95. The van der Waals surface area contributed by atoms with Gasteiger partial charge in [-0.05, 0) is 52.4 Å². The molecule has 21 heavy (non-hydrogen) atoms. The van der Waals surface area contributed by atoms with E-state index in [1.807, 2.05) is 46.9 Å². The molecule has 5 heteroatoms.